The van der Waals surface area contributed by atoms with E-state index in [2.05, 4.69) is 16.3 Å². The molecule has 0 spiro atoms. The fraction of sp³-hybridized carbons (Fsp3) is 0.300. The predicted molar refractivity (Wildman–Crippen MR) is 100 cm³/mol. The quantitative estimate of drug-likeness (QED) is 0.789. The Labute approximate surface area is 153 Å². The molecular formula is C20H23N3O3. The molecule has 136 valence electrons. The van der Waals surface area contributed by atoms with Crippen LogP contribution in [0.5, 0.6) is 11.5 Å². The van der Waals surface area contributed by atoms with Gasteiger partial charge in [-0.25, -0.2) is 0 Å². The molecule has 0 saturated heterocycles. The third-order valence-corrected chi connectivity index (χ3v) is 3.93. The van der Waals surface area contributed by atoms with E-state index in [9.17, 15) is 4.79 Å². The van der Waals surface area contributed by atoms with Crippen LogP contribution in [0.1, 0.15) is 17.5 Å². The van der Waals surface area contributed by atoms with Crippen LogP contribution in [0.4, 0.5) is 5.69 Å². The fourth-order valence-corrected chi connectivity index (χ4v) is 2.53. The molecule has 1 N–H and O–H groups in total. The minimum Gasteiger partial charge on any atom is -0.497 e. The van der Waals surface area contributed by atoms with Gasteiger partial charge in [0.15, 0.2) is 0 Å². The number of carbonyl (C=O) groups excluding carboxylic acids is 1. The van der Waals surface area contributed by atoms with E-state index in [0.717, 1.165) is 17.1 Å². The van der Waals surface area contributed by atoms with Crippen LogP contribution in [0.15, 0.2) is 42.5 Å². The van der Waals surface area contributed by atoms with Crippen molar-refractivity contribution in [3.63, 3.8) is 0 Å². The highest BCUT2D eigenvalue weighted by Crippen LogP contribution is 2.25. The molecule has 0 bridgehead atoms. The average Bonchev–Trinajstić information content (AvgIpc) is 2.66. The zero-order chi connectivity index (χ0) is 18.9. The summed E-state index contributed by atoms with van der Waals surface area (Å²) in [5.74, 6) is 1.41. The molecule has 0 saturated carbocycles. The van der Waals surface area contributed by atoms with Crippen molar-refractivity contribution in [1.82, 2.24) is 4.90 Å². The zero-order valence-corrected chi connectivity index (χ0v) is 15.3. The summed E-state index contributed by atoms with van der Waals surface area (Å²) < 4.78 is 10.6. The first-order valence-electron chi connectivity index (χ1n) is 8.25. The molecule has 26 heavy (non-hydrogen) atoms. The van der Waals surface area contributed by atoms with Crippen molar-refractivity contribution in [3.8, 4) is 17.6 Å². The number of benzene rings is 2. The minimum absolute atomic E-state index is 0.0892. The average molecular weight is 353 g/mol. The molecule has 2 rings (SSSR count). The molecule has 0 aromatic heterocycles. The van der Waals surface area contributed by atoms with E-state index in [1.807, 2.05) is 25.2 Å². The van der Waals surface area contributed by atoms with E-state index in [4.69, 9.17) is 14.7 Å². The second kappa shape index (κ2) is 9.44. The summed E-state index contributed by atoms with van der Waals surface area (Å²) in [5, 5.41) is 11.7. The van der Waals surface area contributed by atoms with Gasteiger partial charge in [-0.05, 0) is 31.3 Å². The number of ether oxygens (including phenoxy) is 2. The number of amides is 1. The first-order valence-corrected chi connectivity index (χ1v) is 8.25. The van der Waals surface area contributed by atoms with Crippen molar-refractivity contribution >= 4 is 11.6 Å². The molecule has 0 heterocycles. The number of nitriles is 1. The van der Waals surface area contributed by atoms with Gasteiger partial charge in [-0.3, -0.25) is 4.79 Å². The summed E-state index contributed by atoms with van der Waals surface area (Å²) in [5.41, 5.74) is 2.18. The van der Waals surface area contributed by atoms with E-state index in [0.29, 0.717) is 30.8 Å². The third-order valence-electron chi connectivity index (χ3n) is 3.93. The maximum absolute atomic E-state index is 12.1. The van der Waals surface area contributed by atoms with Gasteiger partial charge >= 0.3 is 0 Å². The topological polar surface area (TPSA) is 74.6 Å². The standard InChI is InChI=1S/C20H23N3O3/c1-23(14-16-7-8-18(25-2)12-19(16)26-3)10-9-20(24)22-17-6-4-5-15(11-17)13-21/h4-8,11-12H,9-10,14H2,1-3H3,(H,22,24). The molecule has 0 radical (unpaired) electrons. The van der Waals surface area contributed by atoms with Gasteiger partial charge in [0, 0.05) is 36.8 Å². The Hall–Kier alpha value is -3.04. The van der Waals surface area contributed by atoms with Gasteiger partial charge in [-0.2, -0.15) is 5.26 Å². The smallest absolute Gasteiger partial charge is 0.225 e. The molecule has 2 aromatic carbocycles. The molecule has 0 aliphatic carbocycles. The second-order valence-corrected chi connectivity index (χ2v) is 5.91. The number of hydrogen-bond donors (Lipinski definition) is 1. The van der Waals surface area contributed by atoms with Crippen LogP contribution >= 0.6 is 0 Å². The normalized spacial score (nSPS) is 10.3. The Morgan fingerprint density at radius 2 is 2.00 bits per heavy atom. The number of nitrogens with zero attached hydrogens (tertiary/aromatic N) is 2. The lowest BCUT2D eigenvalue weighted by Crippen LogP contribution is -2.24. The van der Waals surface area contributed by atoms with Crippen molar-refractivity contribution in [2.24, 2.45) is 0 Å². The van der Waals surface area contributed by atoms with Crippen LogP contribution in [0.2, 0.25) is 0 Å². The largest absolute Gasteiger partial charge is 0.497 e. The summed E-state index contributed by atoms with van der Waals surface area (Å²) in [6.07, 6.45) is 0.353. The van der Waals surface area contributed by atoms with E-state index < -0.39 is 0 Å². The van der Waals surface area contributed by atoms with Crippen LogP contribution in [0, 0.1) is 11.3 Å². The molecule has 0 atom stereocenters. The van der Waals surface area contributed by atoms with Crippen molar-refractivity contribution in [2.45, 2.75) is 13.0 Å². The predicted octanol–water partition coefficient (Wildman–Crippen LogP) is 3.04. The van der Waals surface area contributed by atoms with Crippen molar-refractivity contribution < 1.29 is 14.3 Å². The second-order valence-electron chi connectivity index (χ2n) is 5.91. The van der Waals surface area contributed by atoms with Crippen LogP contribution in [0.25, 0.3) is 0 Å². The molecule has 6 heteroatoms. The van der Waals surface area contributed by atoms with Gasteiger partial charge in [0.1, 0.15) is 11.5 Å². The molecular weight excluding hydrogens is 330 g/mol. The van der Waals surface area contributed by atoms with Gasteiger partial charge in [-0.1, -0.05) is 12.1 Å². The summed E-state index contributed by atoms with van der Waals surface area (Å²) in [4.78, 5) is 14.2. The van der Waals surface area contributed by atoms with E-state index in [1.165, 1.54) is 0 Å². The zero-order valence-electron chi connectivity index (χ0n) is 15.3. The fourth-order valence-electron chi connectivity index (χ4n) is 2.53. The van der Waals surface area contributed by atoms with Gasteiger partial charge in [0.25, 0.3) is 0 Å². The van der Waals surface area contributed by atoms with Crippen molar-refractivity contribution in [1.29, 1.82) is 5.26 Å². The van der Waals surface area contributed by atoms with Gasteiger partial charge in [-0.15, -0.1) is 0 Å². The molecule has 0 unspecified atom stereocenters. The lowest BCUT2D eigenvalue weighted by Gasteiger charge is -2.18. The van der Waals surface area contributed by atoms with Crippen LogP contribution < -0.4 is 14.8 Å². The lowest BCUT2D eigenvalue weighted by molar-refractivity contribution is -0.116. The summed E-state index contributed by atoms with van der Waals surface area (Å²) in [7, 11) is 5.19. The van der Waals surface area contributed by atoms with Crippen LogP contribution in [-0.4, -0.2) is 38.6 Å². The molecule has 0 fully saturated rings. The molecule has 2 aromatic rings. The Morgan fingerprint density at radius 1 is 1.19 bits per heavy atom. The first kappa shape index (κ1) is 19.3. The van der Waals surface area contributed by atoms with Crippen LogP contribution in [0.3, 0.4) is 0 Å². The number of nitrogens with one attached hydrogen (secondary N) is 1. The summed E-state index contributed by atoms with van der Waals surface area (Å²) in [6.45, 7) is 1.25. The Bertz CT molecular complexity index is 799. The molecule has 0 aliphatic rings. The number of anilines is 1. The van der Waals surface area contributed by atoms with Crippen LogP contribution in [-0.2, 0) is 11.3 Å². The van der Waals surface area contributed by atoms with Gasteiger partial charge in [0.2, 0.25) is 5.91 Å². The molecule has 1 amide bonds. The number of rotatable bonds is 8. The van der Waals surface area contributed by atoms with Gasteiger partial charge in [0.05, 0.1) is 25.9 Å². The number of hydrogen-bond acceptors (Lipinski definition) is 5. The Balaban J connectivity index is 1.87. The highest BCUT2D eigenvalue weighted by atomic mass is 16.5. The first-order chi connectivity index (χ1) is 12.5. The number of carbonyl (C=O) groups is 1. The van der Waals surface area contributed by atoms with E-state index in [1.54, 1.807) is 38.5 Å². The Kier molecular flexibility index (Phi) is 7.01. The highest BCUT2D eigenvalue weighted by molar-refractivity contribution is 5.90. The maximum atomic E-state index is 12.1. The molecule has 0 aliphatic heterocycles. The molecule has 6 nitrogen and oxygen atoms in total. The third kappa shape index (κ3) is 5.50. The van der Waals surface area contributed by atoms with Crippen molar-refractivity contribution in [3.05, 3.63) is 53.6 Å². The number of methoxy groups -OCH3 is 2. The van der Waals surface area contributed by atoms with E-state index >= 15 is 0 Å². The summed E-state index contributed by atoms with van der Waals surface area (Å²) >= 11 is 0. The Morgan fingerprint density at radius 3 is 2.69 bits per heavy atom. The minimum atomic E-state index is -0.0892. The van der Waals surface area contributed by atoms with Gasteiger partial charge < -0.3 is 19.7 Å². The SMILES string of the molecule is COc1ccc(CN(C)CCC(=O)Nc2cccc(C#N)c2)c(OC)c1. The lowest BCUT2D eigenvalue weighted by atomic mass is 10.1. The van der Waals surface area contributed by atoms with Crippen molar-refractivity contribution in [2.75, 3.05) is 33.1 Å². The van der Waals surface area contributed by atoms with E-state index in [-0.39, 0.29) is 5.91 Å². The monoisotopic (exact) mass is 353 g/mol. The maximum Gasteiger partial charge on any atom is 0.225 e. The summed E-state index contributed by atoms with van der Waals surface area (Å²) in [6, 6.07) is 14.6. The highest BCUT2D eigenvalue weighted by Gasteiger charge is 2.10.